The summed E-state index contributed by atoms with van der Waals surface area (Å²) in [5.74, 6) is -0.367. The van der Waals surface area contributed by atoms with Crippen LogP contribution in [0.2, 0.25) is 0 Å². The lowest BCUT2D eigenvalue weighted by Crippen LogP contribution is -2.13. The molecule has 0 fully saturated rings. The molecule has 2 N–H and O–H groups in total. The van der Waals surface area contributed by atoms with E-state index in [1.165, 1.54) is 0 Å². The van der Waals surface area contributed by atoms with E-state index in [9.17, 15) is 4.79 Å². The van der Waals surface area contributed by atoms with Crippen molar-refractivity contribution in [3.63, 3.8) is 0 Å². The molecular formula is C14H20N4O2. The van der Waals surface area contributed by atoms with Gasteiger partial charge in [0.05, 0.1) is 17.1 Å². The quantitative estimate of drug-likeness (QED) is 0.846. The first-order valence-electron chi connectivity index (χ1n) is 6.63. The van der Waals surface area contributed by atoms with Crippen LogP contribution in [0.5, 0.6) is 0 Å². The maximum absolute atomic E-state index is 12.1. The lowest BCUT2D eigenvalue weighted by Gasteiger charge is -2.08. The number of hydrogen-bond donors (Lipinski definition) is 1. The van der Waals surface area contributed by atoms with Gasteiger partial charge in [-0.25, -0.2) is 4.79 Å². The van der Waals surface area contributed by atoms with Crippen LogP contribution in [0.3, 0.4) is 0 Å². The lowest BCUT2D eigenvalue weighted by molar-refractivity contribution is 0.0450. The Balaban J connectivity index is 2.07. The molecule has 2 rings (SSSR count). The van der Waals surface area contributed by atoms with Gasteiger partial charge in [0, 0.05) is 19.8 Å². The van der Waals surface area contributed by atoms with Crippen LogP contribution in [0.25, 0.3) is 0 Å². The van der Waals surface area contributed by atoms with Gasteiger partial charge in [-0.3, -0.25) is 4.68 Å². The summed E-state index contributed by atoms with van der Waals surface area (Å²) in [5, 5.41) is 4.21. The maximum atomic E-state index is 12.1. The summed E-state index contributed by atoms with van der Waals surface area (Å²) in [6, 6.07) is 3.54. The van der Waals surface area contributed by atoms with Crippen molar-refractivity contribution >= 4 is 11.7 Å². The van der Waals surface area contributed by atoms with E-state index in [4.69, 9.17) is 10.5 Å². The predicted octanol–water partition coefficient (Wildman–Crippen LogP) is 1.88. The third-order valence-electron chi connectivity index (χ3n) is 3.04. The van der Waals surface area contributed by atoms with E-state index < -0.39 is 0 Å². The fourth-order valence-corrected chi connectivity index (χ4v) is 2.14. The number of nitrogens with two attached hydrogens (primary N) is 1. The van der Waals surface area contributed by atoms with Crippen LogP contribution in [0, 0.1) is 6.92 Å². The number of aryl methyl sites for hydroxylation is 3. The van der Waals surface area contributed by atoms with Crippen LogP contribution in [0.1, 0.15) is 35.2 Å². The van der Waals surface area contributed by atoms with Gasteiger partial charge in [0.25, 0.3) is 0 Å². The summed E-state index contributed by atoms with van der Waals surface area (Å²) < 4.78 is 8.87. The first-order valence-corrected chi connectivity index (χ1v) is 6.63. The van der Waals surface area contributed by atoms with E-state index in [2.05, 4.69) is 5.10 Å². The van der Waals surface area contributed by atoms with E-state index in [-0.39, 0.29) is 12.6 Å². The third-order valence-corrected chi connectivity index (χ3v) is 3.04. The molecule has 0 aromatic carbocycles. The van der Waals surface area contributed by atoms with Crippen LogP contribution in [0.15, 0.2) is 18.3 Å². The van der Waals surface area contributed by atoms with Crippen LogP contribution >= 0.6 is 0 Å². The van der Waals surface area contributed by atoms with Crippen molar-refractivity contribution in [1.82, 2.24) is 14.3 Å². The number of carbonyl (C=O) groups excluding carboxylic acids is 1. The zero-order valence-electron chi connectivity index (χ0n) is 12.1. The number of ether oxygens (including phenoxy) is 1. The molecule has 0 spiro atoms. The van der Waals surface area contributed by atoms with E-state index in [0.29, 0.717) is 11.4 Å². The first-order chi connectivity index (χ1) is 9.51. The molecule has 0 radical (unpaired) electrons. The van der Waals surface area contributed by atoms with E-state index >= 15 is 0 Å². The third kappa shape index (κ3) is 3.01. The fraction of sp³-hybridized carbons (Fsp3) is 0.429. The smallest absolute Gasteiger partial charge is 0.355 e. The lowest BCUT2D eigenvalue weighted by atomic mass is 10.3. The van der Waals surface area contributed by atoms with E-state index in [1.54, 1.807) is 16.9 Å². The molecule has 0 unspecified atom stereocenters. The van der Waals surface area contributed by atoms with Crippen molar-refractivity contribution in [2.24, 2.45) is 7.05 Å². The van der Waals surface area contributed by atoms with Gasteiger partial charge >= 0.3 is 5.97 Å². The number of aromatic nitrogens is 3. The normalized spacial score (nSPS) is 10.8. The Labute approximate surface area is 118 Å². The molecule has 108 valence electrons. The molecule has 2 aromatic heterocycles. The van der Waals surface area contributed by atoms with Crippen molar-refractivity contribution in [2.45, 2.75) is 33.4 Å². The first kappa shape index (κ1) is 14.2. The summed E-state index contributed by atoms with van der Waals surface area (Å²) in [5.41, 5.74) is 8.56. The summed E-state index contributed by atoms with van der Waals surface area (Å²) in [4.78, 5) is 12.1. The highest BCUT2D eigenvalue weighted by molar-refractivity contribution is 5.89. The molecule has 0 saturated carbocycles. The Hall–Kier alpha value is -2.24. The Bertz CT molecular complexity index is 613. The van der Waals surface area contributed by atoms with Crippen LogP contribution < -0.4 is 5.73 Å². The fourth-order valence-electron chi connectivity index (χ4n) is 2.14. The van der Waals surface area contributed by atoms with Crippen LogP contribution in [-0.4, -0.2) is 20.3 Å². The van der Waals surface area contributed by atoms with Gasteiger partial charge in [0.1, 0.15) is 12.3 Å². The number of nitrogen functional groups attached to an aromatic ring is 1. The van der Waals surface area contributed by atoms with Gasteiger partial charge < -0.3 is 15.0 Å². The Morgan fingerprint density at radius 2 is 2.20 bits per heavy atom. The highest BCUT2D eigenvalue weighted by Crippen LogP contribution is 2.14. The van der Waals surface area contributed by atoms with Crippen molar-refractivity contribution < 1.29 is 9.53 Å². The Morgan fingerprint density at radius 1 is 1.45 bits per heavy atom. The molecule has 6 heteroatoms. The second-order valence-electron chi connectivity index (χ2n) is 4.83. The number of hydrogen-bond acceptors (Lipinski definition) is 4. The van der Waals surface area contributed by atoms with E-state index in [1.807, 2.05) is 31.5 Å². The SMILES string of the molecule is CCCn1cc(N)cc1C(=O)OCc1cc(C)nn1C. The Morgan fingerprint density at radius 3 is 2.80 bits per heavy atom. The minimum atomic E-state index is -0.367. The average Bonchev–Trinajstić information content (AvgIpc) is 2.90. The van der Waals surface area contributed by atoms with Crippen molar-refractivity contribution in [1.29, 1.82) is 0 Å². The van der Waals surface area contributed by atoms with Gasteiger partial charge in [0.15, 0.2) is 0 Å². The standard InChI is InChI=1S/C14H20N4O2/c1-4-5-18-8-11(15)7-13(18)14(19)20-9-12-6-10(2)16-17(12)3/h6-8H,4-5,9,15H2,1-3H3. The summed E-state index contributed by atoms with van der Waals surface area (Å²) in [6.07, 6.45) is 2.68. The molecule has 0 amide bonds. The minimum absolute atomic E-state index is 0.202. The second kappa shape index (κ2) is 5.81. The number of anilines is 1. The van der Waals surface area contributed by atoms with Crippen LogP contribution in [-0.2, 0) is 24.9 Å². The predicted molar refractivity (Wildman–Crippen MR) is 76.2 cm³/mol. The Kier molecular flexibility index (Phi) is 4.12. The zero-order valence-corrected chi connectivity index (χ0v) is 12.1. The van der Waals surface area contributed by atoms with Gasteiger partial charge in [-0.2, -0.15) is 5.10 Å². The molecule has 0 atom stereocenters. The number of carbonyl (C=O) groups is 1. The van der Waals surface area contributed by atoms with Gasteiger partial charge in [-0.05, 0) is 25.5 Å². The van der Waals surface area contributed by atoms with Crippen molar-refractivity contribution in [2.75, 3.05) is 5.73 Å². The van der Waals surface area contributed by atoms with Gasteiger partial charge in [0.2, 0.25) is 0 Å². The number of nitrogens with zero attached hydrogens (tertiary/aromatic N) is 3. The zero-order chi connectivity index (χ0) is 14.7. The van der Waals surface area contributed by atoms with Crippen molar-refractivity contribution in [3.05, 3.63) is 35.4 Å². The number of rotatable bonds is 5. The maximum Gasteiger partial charge on any atom is 0.355 e. The molecular weight excluding hydrogens is 256 g/mol. The summed E-state index contributed by atoms with van der Waals surface area (Å²) in [7, 11) is 1.83. The molecule has 2 aromatic rings. The summed E-state index contributed by atoms with van der Waals surface area (Å²) >= 11 is 0. The highest BCUT2D eigenvalue weighted by atomic mass is 16.5. The number of esters is 1. The second-order valence-corrected chi connectivity index (χ2v) is 4.83. The minimum Gasteiger partial charge on any atom is -0.455 e. The van der Waals surface area contributed by atoms with Crippen LogP contribution in [0.4, 0.5) is 5.69 Å². The molecule has 0 bridgehead atoms. The molecule has 2 heterocycles. The molecule has 0 saturated heterocycles. The average molecular weight is 276 g/mol. The van der Waals surface area contributed by atoms with Gasteiger partial charge in [-0.1, -0.05) is 6.92 Å². The highest BCUT2D eigenvalue weighted by Gasteiger charge is 2.15. The molecule has 0 aliphatic heterocycles. The molecule has 0 aliphatic rings. The largest absolute Gasteiger partial charge is 0.455 e. The molecule has 20 heavy (non-hydrogen) atoms. The summed E-state index contributed by atoms with van der Waals surface area (Å²) in [6.45, 7) is 4.89. The topological polar surface area (TPSA) is 75.1 Å². The molecule has 0 aliphatic carbocycles. The monoisotopic (exact) mass is 276 g/mol. The van der Waals surface area contributed by atoms with Gasteiger partial charge in [-0.15, -0.1) is 0 Å². The molecule has 6 nitrogen and oxygen atoms in total. The van der Waals surface area contributed by atoms with Crippen molar-refractivity contribution in [3.8, 4) is 0 Å². The van der Waals surface area contributed by atoms with E-state index in [0.717, 1.165) is 24.4 Å².